The monoisotopic (exact) mass is 369 g/mol. The summed E-state index contributed by atoms with van der Waals surface area (Å²) in [5, 5.41) is 0. The Labute approximate surface area is 156 Å². The number of hydrogen-bond donors (Lipinski definition) is 0. The van der Waals surface area contributed by atoms with Crippen molar-refractivity contribution < 1.29 is 18.0 Å². The van der Waals surface area contributed by atoms with Crippen molar-refractivity contribution in [1.82, 2.24) is 14.9 Å². The number of rotatable bonds is 4. The second-order valence-electron chi connectivity index (χ2n) is 6.83. The number of piperidine rings is 1. The third-order valence-corrected chi connectivity index (χ3v) is 4.86. The van der Waals surface area contributed by atoms with Crippen LogP contribution >= 0.6 is 0 Å². The van der Waals surface area contributed by atoms with Crippen molar-refractivity contribution in [3.63, 3.8) is 0 Å². The van der Waals surface area contributed by atoms with E-state index in [1.807, 2.05) is 0 Å². The van der Waals surface area contributed by atoms with Gasteiger partial charge in [-0.15, -0.1) is 0 Å². The highest BCUT2D eigenvalue weighted by Gasteiger charge is 2.30. The van der Waals surface area contributed by atoms with Gasteiger partial charge in [-0.05, 0) is 37.5 Å². The largest absolute Gasteiger partial charge is 0.445 e. The van der Waals surface area contributed by atoms with Crippen molar-refractivity contribution >= 4 is 5.91 Å². The summed E-state index contributed by atoms with van der Waals surface area (Å²) in [4.78, 5) is 22.8. The maximum Gasteiger partial charge on any atom is 0.291 e. The molecule has 0 unspecified atom stereocenters. The van der Waals surface area contributed by atoms with E-state index >= 15 is 0 Å². The highest BCUT2D eigenvalue weighted by atomic mass is 19.1. The topological polar surface area (TPSA) is 72.4 Å². The summed E-state index contributed by atoms with van der Waals surface area (Å²) in [5.74, 6) is 1.30. The van der Waals surface area contributed by atoms with Crippen molar-refractivity contribution in [2.24, 2.45) is 0 Å². The van der Waals surface area contributed by atoms with Crippen LogP contribution in [0.5, 0.6) is 0 Å². The second kappa shape index (κ2) is 7.34. The number of oxazole rings is 2. The molecule has 7 heteroatoms. The Morgan fingerprint density at radius 2 is 2.11 bits per heavy atom. The summed E-state index contributed by atoms with van der Waals surface area (Å²) in [6, 6.07) is 6.34. The third kappa shape index (κ3) is 3.77. The van der Waals surface area contributed by atoms with Gasteiger partial charge < -0.3 is 13.7 Å². The average Bonchev–Trinajstić information content (AvgIpc) is 3.32. The van der Waals surface area contributed by atoms with E-state index in [1.165, 1.54) is 18.5 Å². The van der Waals surface area contributed by atoms with Crippen LogP contribution in [0.15, 0.2) is 45.7 Å². The molecule has 1 saturated heterocycles. The molecule has 0 N–H and O–H groups in total. The molecular weight excluding hydrogens is 349 g/mol. The van der Waals surface area contributed by atoms with Crippen molar-refractivity contribution in [1.29, 1.82) is 0 Å². The van der Waals surface area contributed by atoms with Gasteiger partial charge in [0.15, 0.2) is 12.3 Å². The first-order chi connectivity index (χ1) is 13.1. The van der Waals surface area contributed by atoms with Gasteiger partial charge in [-0.1, -0.05) is 12.1 Å². The van der Waals surface area contributed by atoms with Gasteiger partial charge in [0.05, 0.1) is 17.8 Å². The summed E-state index contributed by atoms with van der Waals surface area (Å²) < 4.78 is 24.2. The average molecular weight is 369 g/mol. The number of aromatic nitrogens is 2. The van der Waals surface area contributed by atoms with E-state index in [0.29, 0.717) is 36.9 Å². The Balaban J connectivity index is 1.44. The lowest BCUT2D eigenvalue weighted by atomic mass is 9.97. The zero-order valence-corrected chi connectivity index (χ0v) is 15.0. The van der Waals surface area contributed by atoms with Gasteiger partial charge in [0.2, 0.25) is 5.76 Å². The lowest BCUT2D eigenvalue weighted by Crippen LogP contribution is -2.39. The summed E-state index contributed by atoms with van der Waals surface area (Å²) in [6.45, 7) is 2.97. The minimum absolute atomic E-state index is 0.0490. The fourth-order valence-electron chi connectivity index (χ4n) is 3.41. The van der Waals surface area contributed by atoms with E-state index in [1.54, 1.807) is 30.2 Å². The third-order valence-electron chi connectivity index (χ3n) is 4.86. The van der Waals surface area contributed by atoms with Crippen LogP contribution in [0, 0.1) is 12.7 Å². The first-order valence-corrected chi connectivity index (χ1v) is 8.98. The normalized spacial score (nSPS) is 17.3. The molecule has 1 fully saturated rings. The molecule has 2 aromatic heterocycles. The number of aryl methyl sites for hydroxylation is 1. The van der Waals surface area contributed by atoms with Gasteiger partial charge in [0.25, 0.3) is 5.91 Å². The first kappa shape index (κ1) is 17.5. The van der Waals surface area contributed by atoms with E-state index in [2.05, 4.69) is 9.97 Å². The van der Waals surface area contributed by atoms with Crippen LogP contribution in [0.4, 0.5) is 4.39 Å². The minimum atomic E-state index is -0.258. The first-order valence-electron chi connectivity index (χ1n) is 8.98. The molecule has 1 aromatic carbocycles. The van der Waals surface area contributed by atoms with Gasteiger partial charge in [0, 0.05) is 19.5 Å². The Hall–Kier alpha value is -2.96. The van der Waals surface area contributed by atoms with E-state index in [4.69, 9.17) is 8.83 Å². The predicted molar refractivity (Wildman–Crippen MR) is 94.8 cm³/mol. The molecule has 0 radical (unpaired) electrons. The predicted octanol–water partition coefficient (Wildman–Crippen LogP) is 3.72. The number of amides is 1. The molecule has 0 bridgehead atoms. The maximum absolute atomic E-state index is 13.0. The Morgan fingerprint density at radius 3 is 2.85 bits per heavy atom. The zero-order valence-electron chi connectivity index (χ0n) is 15.0. The standard InChI is InChI=1S/C20H20FN3O3/c1-13-18(26-12-23-13)20(25)24-8-2-3-15(11-24)19-22-10-17(27-19)9-14-4-6-16(21)7-5-14/h4-7,10,12,15H,2-3,8-9,11H2,1H3/t15-/m0/s1. The number of carbonyl (C=O) groups excluding carboxylic acids is 1. The number of benzene rings is 1. The van der Waals surface area contributed by atoms with Crippen LogP contribution in [0.25, 0.3) is 0 Å². The number of hydrogen-bond acceptors (Lipinski definition) is 5. The van der Waals surface area contributed by atoms with Crippen molar-refractivity contribution in [2.45, 2.75) is 32.1 Å². The van der Waals surface area contributed by atoms with Crippen LogP contribution in [0.3, 0.4) is 0 Å². The van der Waals surface area contributed by atoms with Crippen LogP contribution < -0.4 is 0 Å². The molecule has 3 aromatic rings. The molecule has 1 aliphatic rings. The molecular formula is C20H20FN3O3. The Morgan fingerprint density at radius 1 is 1.30 bits per heavy atom. The lowest BCUT2D eigenvalue weighted by Gasteiger charge is -2.30. The molecule has 1 atom stereocenters. The van der Waals surface area contributed by atoms with Crippen molar-refractivity contribution in [3.05, 3.63) is 71.3 Å². The summed E-state index contributed by atoms with van der Waals surface area (Å²) in [7, 11) is 0. The number of nitrogens with zero attached hydrogens (tertiary/aromatic N) is 3. The molecule has 1 aliphatic heterocycles. The molecule has 6 nitrogen and oxygen atoms in total. The zero-order chi connectivity index (χ0) is 18.8. The van der Waals surface area contributed by atoms with Crippen LogP contribution in [-0.2, 0) is 6.42 Å². The Kier molecular flexibility index (Phi) is 4.75. The van der Waals surface area contributed by atoms with Gasteiger partial charge in [-0.25, -0.2) is 14.4 Å². The van der Waals surface area contributed by atoms with Gasteiger partial charge in [0.1, 0.15) is 11.6 Å². The summed E-state index contributed by atoms with van der Waals surface area (Å²) in [6.07, 6.45) is 5.34. The fourth-order valence-corrected chi connectivity index (χ4v) is 3.41. The Bertz CT molecular complexity index is 932. The smallest absolute Gasteiger partial charge is 0.291 e. The van der Waals surface area contributed by atoms with Crippen molar-refractivity contribution in [2.75, 3.05) is 13.1 Å². The number of likely N-dealkylation sites (tertiary alicyclic amines) is 1. The quantitative estimate of drug-likeness (QED) is 0.701. The van der Waals surface area contributed by atoms with Crippen LogP contribution in [-0.4, -0.2) is 33.9 Å². The van der Waals surface area contributed by atoms with E-state index < -0.39 is 0 Å². The molecule has 0 spiro atoms. The maximum atomic E-state index is 13.0. The van der Waals surface area contributed by atoms with Gasteiger partial charge in [-0.2, -0.15) is 0 Å². The van der Waals surface area contributed by atoms with Crippen LogP contribution in [0.1, 0.15) is 52.2 Å². The van der Waals surface area contributed by atoms with E-state index in [9.17, 15) is 9.18 Å². The minimum Gasteiger partial charge on any atom is -0.445 e. The molecule has 3 heterocycles. The number of carbonyl (C=O) groups is 1. The number of halogens is 1. The van der Waals surface area contributed by atoms with Crippen LogP contribution in [0.2, 0.25) is 0 Å². The molecule has 0 saturated carbocycles. The van der Waals surface area contributed by atoms with Crippen molar-refractivity contribution in [3.8, 4) is 0 Å². The molecule has 4 rings (SSSR count). The van der Waals surface area contributed by atoms with E-state index in [0.717, 1.165) is 24.2 Å². The highest BCUT2D eigenvalue weighted by Crippen LogP contribution is 2.28. The second-order valence-corrected chi connectivity index (χ2v) is 6.83. The highest BCUT2D eigenvalue weighted by molar-refractivity contribution is 5.92. The summed E-state index contributed by atoms with van der Waals surface area (Å²) in [5.41, 5.74) is 1.56. The molecule has 140 valence electrons. The molecule has 1 amide bonds. The van der Waals surface area contributed by atoms with E-state index in [-0.39, 0.29) is 17.6 Å². The fraction of sp³-hybridized carbons (Fsp3) is 0.350. The SMILES string of the molecule is Cc1ncoc1C(=O)N1CCC[C@H](c2ncc(Cc3ccc(F)cc3)o2)C1. The lowest BCUT2D eigenvalue weighted by molar-refractivity contribution is 0.0664. The molecule has 27 heavy (non-hydrogen) atoms. The molecule has 0 aliphatic carbocycles. The van der Waals surface area contributed by atoms with Gasteiger partial charge in [-0.3, -0.25) is 4.79 Å². The van der Waals surface area contributed by atoms with Gasteiger partial charge >= 0.3 is 0 Å². The summed E-state index contributed by atoms with van der Waals surface area (Å²) >= 11 is 0.